The van der Waals surface area contributed by atoms with Crippen LogP contribution in [0.2, 0.25) is 0 Å². The second kappa shape index (κ2) is 6.52. The van der Waals surface area contributed by atoms with Gasteiger partial charge in [0.1, 0.15) is 6.61 Å². The molecule has 8 heteroatoms. The summed E-state index contributed by atoms with van der Waals surface area (Å²) in [5.74, 6) is -0.728. The maximum Gasteiger partial charge on any atom is 0.343 e. The Morgan fingerprint density at radius 1 is 1.23 bits per heavy atom. The van der Waals surface area contributed by atoms with Crippen molar-refractivity contribution >= 4 is 29.8 Å². The molecule has 2 aliphatic rings. The first kappa shape index (κ1) is 19.0. The number of esters is 1. The van der Waals surface area contributed by atoms with Gasteiger partial charge in [-0.05, 0) is 30.5 Å². The molecule has 0 amide bonds. The molecule has 2 aliphatic heterocycles. The molecule has 3 aromatic rings. The number of cyclic esters (lactones) is 1. The van der Waals surface area contributed by atoms with Crippen LogP contribution in [-0.2, 0) is 34.7 Å². The number of carbonyl (C=O) groups is 1. The van der Waals surface area contributed by atoms with Gasteiger partial charge >= 0.3 is 13.5 Å². The lowest BCUT2D eigenvalue weighted by Crippen LogP contribution is -2.44. The van der Waals surface area contributed by atoms with Crippen LogP contribution in [0.1, 0.15) is 42.5 Å². The third-order valence-electron chi connectivity index (χ3n) is 6.33. The average Bonchev–Trinajstić information content (AvgIpc) is 3.13. The van der Waals surface area contributed by atoms with Gasteiger partial charge in [-0.3, -0.25) is 4.79 Å². The number of nitrogens with zero attached hydrogens (tertiary/aromatic N) is 2. The number of ether oxygens (including phenoxy) is 1. The van der Waals surface area contributed by atoms with Crippen molar-refractivity contribution in [1.82, 2.24) is 9.55 Å². The topological polar surface area (TPSA) is 102 Å². The third-order valence-corrected chi connectivity index (χ3v) is 6.33. The largest absolute Gasteiger partial charge is 0.458 e. The van der Waals surface area contributed by atoms with Crippen molar-refractivity contribution in [2.75, 3.05) is 0 Å². The second-order valence-corrected chi connectivity index (χ2v) is 7.78. The van der Waals surface area contributed by atoms with Crippen LogP contribution < -0.4 is 11.0 Å². The molecule has 2 aromatic heterocycles. The average molecular weight is 403 g/mol. The highest BCUT2D eigenvalue weighted by atomic mass is 16.6. The molecular formula is C22H20BN2O5. The zero-order chi connectivity index (χ0) is 21.2. The van der Waals surface area contributed by atoms with Crippen molar-refractivity contribution in [3.8, 4) is 11.4 Å². The Hall–Kier alpha value is -2.97. The minimum absolute atomic E-state index is 0.111. The van der Waals surface area contributed by atoms with Gasteiger partial charge in [0.15, 0.2) is 5.60 Å². The molecule has 0 bridgehead atoms. The Balaban J connectivity index is 1.81. The summed E-state index contributed by atoms with van der Waals surface area (Å²) in [4.78, 5) is 30.4. The van der Waals surface area contributed by atoms with E-state index in [1.807, 2.05) is 19.1 Å². The van der Waals surface area contributed by atoms with Gasteiger partial charge in [0.25, 0.3) is 5.56 Å². The quantitative estimate of drug-likeness (QED) is 0.389. The van der Waals surface area contributed by atoms with Gasteiger partial charge in [0, 0.05) is 16.5 Å². The molecule has 0 fully saturated rings. The maximum absolute atomic E-state index is 13.3. The molecule has 30 heavy (non-hydrogen) atoms. The Morgan fingerprint density at radius 2 is 2.03 bits per heavy atom. The zero-order valence-corrected chi connectivity index (χ0v) is 16.7. The van der Waals surface area contributed by atoms with Crippen molar-refractivity contribution in [1.29, 1.82) is 0 Å². The predicted octanol–water partition coefficient (Wildman–Crippen LogP) is 0.879. The van der Waals surface area contributed by atoms with Gasteiger partial charge < -0.3 is 19.4 Å². The molecule has 1 unspecified atom stereocenters. The SMILES string of the molecule is CCc1c2c(nc3ccc([B]O)cc13)-c1cc3c(c(=O)n1C2)COC(=O)C3(O)CC. The minimum Gasteiger partial charge on any atom is -0.458 e. The van der Waals surface area contributed by atoms with Crippen LogP contribution >= 0.6 is 0 Å². The Kier molecular flexibility index (Phi) is 4.13. The molecule has 0 saturated heterocycles. The van der Waals surface area contributed by atoms with Gasteiger partial charge in [0.05, 0.1) is 29.0 Å². The highest BCUT2D eigenvalue weighted by Gasteiger charge is 2.45. The summed E-state index contributed by atoms with van der Waals surface area (Å²) in [7, 11) is 1.06. The van der Waals surface area contributed by atoms with Crippen LogP contribution in [0.15, 0.2) is 29.1 Å². The van der Waals surface area contributed by atoms with Crippen molar-refractivity contribution in [2.45, 2.75) is 45.4 Å². The summed E-state index contributed by atoms with van der Waals surface area (Å²) in [6.07, 6.45) is 0.847. The van der Waals surface area contributed by atoms with E-state index in [2.05, 4.69) is 0 Å². The highest BCUT2D eigenvalue weighted by molar-refractivity contribution is 6.46. The first-order valence-electron chi connectivity index (χ1n) is 10.0. The van der Waals surface area contributed by atoms with Crippen LogP contribution in [0.25, 0.3) is 22.3 Å². The summed E-state index contributed by atoms with van der Waals surface area (Å²) >= 11 is 0. The predicted molar refractivity (Wildman–Crippen MR) is 112 cm³/mol. The number of aryl methyl sites for hydroxylation is 1. The fraction of sp³-hybridized carbons (Fsp3) is 0.318. The van der Waals surface area contributed by atoms with E-state index in [9.17, 15) is 19.7 Å². The van der Waals surface area contributed by atoms with Crippen LogP contribution in [-0.4, -0.2) is 33.1 Å². The molecule has 1 aromatic carbocycles. The molecule has 1 atom stereocenters. The molecule has 0 saturated carbocycles. The van der Waals surface area contributed by atoms with E-state index in [1.165, 1.54) is 0 Å². The van der Waals surface area contributed by atoms with Gasteiger partial charge in [0.2, 0.25) is 0 Å². The first-order valence-corrected chi connectivity index (χ1v) is 10.0. The summed E-state index contributed by atoms with van der Waals surface area (Å²) in [6, 6.07) is 7.23. The van der Waals surface area contributed by atoms with E-state index >= 15 is 0 Å². The molecule has 0 aliphatic carbocycles. The van der Waals surface area contributed by atoms with Crippen LogP contribution in [0.5, 0.6) is 0 Å². The van der Waals surface area contributed by atoms with E-state index < -0.39 is 11.6 Å². The standard InChI is InChI=1S/C22H20BN2O5/c1-3-12-13-7-11(23-29)5-6-17(13)24-19-14(12)9-25-18(19)8-16-15(20(25)26)10-30-21(27)22(16,28)4-2/h5-8,28-29H,3-4,9-10H2,1-2H3. The van der Waals surface area contributed by atoms with Crippen molar-refractivity contribution in [2.24, 2.45) is 0 Å². The maximum atomic E-state index is 13.3. The summed E-state index contributed by atoms with van der Waals surface area (Å²) < 4.78 is 6.76. The minimum atomic E-state index is -1.83. The normalized spacial score (nSPS) is 19.3. The molecule has 1 radical (unpaired) electrons. The number of carbonyl (C=O) groups excluding carboxylic acids is 1. The first-order chi connectivity index (χ1) is 14.4. The number of aliphatic hydroxyl groups is 1. The van der Waals surface area contributed by atoms with E-state index in [1.54, 1.807) is 23.6 Å². The Bertz CT molecular complexity index is 1300. The van der Waals surface area contributed by atoms with E-state index in [4.69, 9.17) is 9.72 Å². The fourth-order valence-corrected chi connectivity index (χ4v) is 4.66. The van der Waals surface area contributed by atoms with E-state index in [0.717, 1.165) is 35.9 Å². The number of hydrogen-bond acceptors (Lipinski definition) is 6. The fourth-order valence-electron chi connectivity index (χ4n) is 4.66. The summed E-state index contributed by atoms with van der Waals surface area (Å²) in [6.45, 7) is 3.96. The summed E-state index contributed by atoms with van der Waals surface area (Å²) in [5, 5.41) is 21.3. The zero-order valence-electron chi connectivity index (χ0n) is 16.7. The molecule has 7 nitrogen and oxygen atoms in total. The van der Waals surface area contributed by atoms with Gasteiger partial charge in [-0.15, -0.1) is 0 Å². The number of aromatic nitrogens is 2. The van der Waals surface area contributed by atoms with Gasteiger partial charge in [-0.2, -0.15) is 0 Å². The number of benzene rings is 1. The van der Waals surface area contributed by atoms with Crippen LogP contribution in [0.4, 0.5) is 0 Å². The van der Waals surface area contributed by atoms with E-state index in [0.29, 0.717) is 34.5 Å². The molecule has 0 spiro atoms. The molecular weight excluding hydrogens is 383 g/mol. The summed E-state index contributed by atoms with van der Waals surface area (Å²) in [5.41, 5.74) is 3.29. The molecule has 2 N–H and O–H groups in total. The van der Waals surface area contributed by atoms with Crippen LogP contribution in [0, 0.1) is 0 Å². The lowest BCUT2D eigenvalue weighted by Gasteiger charge is -2.31. The Morgan fingerprint density at radius 3 is 2.73 bits per heavy atom. The number of pyridine rings is 2. The smallest absolute Gasteiger partial charge is 0.343 e. The molecule has 5 rings (SSSR count). The van der Waals surface area contributed by atoms with Crippen LogP contribution in [0.3, 0.4) is 0 Å². The van der Waals surface area contributed by atoms with Crippen molar-refractivity contribution in [3.05, 3.63) is 56.9 Å². The van der Waals surface area contributed by atoms with Crippen molar-refractivity contribution in [3.63, 3.8) is 0 Å². The van der Waals surface area contributed by atoms with Gasteiger partial charge in [-0.25, -0.2) is 9.78 Å². The second-order valence-electron chi connectivity index (χ2n) is 7.78. The Labute approximate surface area is 173 Å². The van der Waals surface area contributed by atoms with Crippen molar-refractivity contribution < 1.29 is 19.7 Å². The number of hydrogen-bond donors (Lipinski definition) is 2. The number of fused-ring (bicyclic) bond motifs is 5. The third kappa shape index (κ3) is 2.37. The monoisotopic (exact) mass is 403 g/mol. The number of rotatable bonds is 3. The lowest BCUT2D eigenvalue weighted by atomic mass is 9.85. The lowest BCUT2D eigenvalue weighted by molar-refractivity contribution is -0.172. The molecule has 4 heterocycles. The molecule has 151 valence electrons. The van der Waals surface area contributed by atoms with Gasteiger partial charge in [-0.1, -0.05) is 31.4 Å². The van der Waals surface area contributed by atoms with E-state index in [-0.39, 0.29) is 18.6 Å². The highest BCUT2D eigenvalue weighted by Crippen LogP contribution is 2.40.